The van der Waals surface area contributed by atoms with E-state index in [2.05, 4.69) is 151 Å². The van der Waals surface area contributed by atoms with Gasteiger partial charge in [0, 0.05) is 33.9 Å². The molecule has 0 N–H and O–H groups in total. The van der Waals surface area contributed by atoms with Crippen LogP contribution in [0.4, 0.5) is 17.1 Å². The summed E-state index contributed by atoms with van der Waals surface area (Å²) in [5.41, 5.74) is 11.5. The highest BCUT2D eigenvalue weighted by molar-refractivity contribution is 6.19. The maximum atomic E-state index is 6.73. The number of hydrogen-bond acceptors (Lipinski definition) is 3. The quantitative estimate of drug-likeness (QED) is 0.200. The van der Waals surface area contributed by atoms with Crippen molar-refractivity contribution in [2.45, 2.75) is 5.92 Å². The Morgan fingerprint density at radius 3 is 2.13 bits per heavy atom. The smallest absolute Gasteiger partial charge is 0.145 e. The Hall–Kier alpha value is -6.06. The van der Waals surface area contributed by atoms with Gasteiger partial charge in [-0.3, -0.25) is 0 Å². The van der Waals surface area contributed by atoms with Crippen molar-refractivity contribution in [2.24, 2.45) is 5.92 Å². The summed E-state index contributed by atoms with van der Waals surface area (Å²) >= 11 is 0. The first-order valence-electron chi connectivity index (χ1n) is 16.2. The molecule has 2 aliphatic rings. The molecule has 10 rings (SSSR count). The van der Waals surface area contributed by atoms with E-state index < -0.39 is 0 Å². The first-order chi connectivity index (χ1) is 23.3. The van der Waals surface area contributed by atoms with Crippen molar-refractivity contribution in [1.29, 1.82) is 0 Å². The minimum Gasteiger partial charge on any atom is -0.456 e. The SMILES string of the molecule is C1=CC2C=Cc3ccc(N(c4cccc5oc6ccccc6c45)c4ccc(-c5ccccc5)c5oc6ccccc6c45)cc3C2C=C1. The lowest BCUT2D eigenvalue weighted by Gasteiger charge is -2.31. The summed E-state index contributed by atoms with van der Waals surface area (Å²) in [5.74, 6) is 0.648. The molecule has 47 heavy (non-hydrogen) atoms. The van der Waals surface area contributed by atoms with Gasteiger partial charge < -0.3 is 13.7 Å². The largest absolute Gasteiger partial charge is 0.456 e. The van der Waals surface area contributed by atoms with E-state index in [9.17, 15) is 0 Å². The number of nitrogens with zero attached hydrogens (tertiary/aromatic N) is 1. The Labute approximate surface area is 272 Å². The molecule has 2 heterocycles. The lowest BCUT2D eigenvalue weighted by Crippen LogP contribution is -2.16. The van der Waals surface area contributed by atoms with Crippen molar-refractivity contribution >= 4 is 67.0 Å². The van der Waals surface area contributed by atoms with Crippen LogP contribution >= 0.6 is 0 Å². The lowest BCUT2D eigenvalue weighted by atomic mass is 9.77. The average Bonchev–Trinajstić information content (AvgIpc) is 3.72. The number of fused-ring (bicyclic) bond motifs is 9. The summed E-state index contributed by atoms with van der Waals surface area (Å²) in [6, 6.07) is 45.0. The zero-order chi connectivity index (χ0) is 30.9. The summed E-state index contributed by atoms with van der Waals surface area (Å²) in [7, 11) is 0. The van der Waals surface area contributed by atoms with E-state index in [4.69, 9.17) is 8.83 Å². The van der Waals surface area contributed by atoms with Gasteiger partial charge in [-0.1, -0.05) is 115 Å². The Morgan fingerprint density at radius 1 is 0.532 bits per heavy atom. The van der Waals surface area contributed by atoms with Gasteiger partial charge in [0.2, 0.25) is 0 Å². The van der Waals surface area contributed by atoms with Crippen LogP contribution in [0, 0.1) is 5.92 Å². The van der Waals surface area contributed by atoms with Crippen LogP contribution in [0.5, 0.6) is 0 Å². The van der Waals surface area contributed by atoms with Crippen molar-refractivity contribution in [2.75, 3.05) is 4.90 Å². The Bertz CT molecular complexity index is 2600. The summed E-state index contributed by atoms with van der Waals surface area (Å²) in [6.45, 7) is 0. The van der Waals surface area contributed by atoms with Crippen LogP contribution in [0.15, 0.2) is 167 Å². The zero-order valence-electron chi connectivity index (χ0n) is 25.5. The molecule has 6 aromatic carbocycles. The minimum absolute atomic E-state index is 0.294. The van der Waals surface area contributed by atoms with Gasteiger partial charge in [0.25, 0.3) is 0 Å². The maximum absolute atomic E-state index is 6.73. The van der Waals surface area contributed by atoms with Crippen molar-refractivity contribution in [3.63, 3.8) is 0 Å². The molecule has 222 valence electrons. The number of benzene rings is 6. The fourth-order valence-electron chi connectivity index (χ4n) is 7.67. The predicted molar refractivity (Wildman–Crippen MR) is 195 cm³/mol. The summed E-state index contributed by atoms with van der Waals surface area (Å²) in [5, 5.41) is 4.36. The fraction of sp³-hybridized carbons (Fsp3) is 0.0455. The molecule has 0 radical (unpaired) electrons. The van der Waals surface area contributed by atoms with Crippen LogP contribution in [-0.2, 0) is 0 Å². The number of rotatable bonds is 4. The first-order valence-corrected chi connectivity index (χ1v) is 16.2. The van der Waals surface area contributed by atoms with Crippen LogP contribution < -0.4 is 4.90 Å². The van der Waals surface area contributed by atoms with Gasteiger partial charge in [-0.2, -0.15) is 0 Å². The number of anilines is 3. The van der Waals surface area contributed by atoms with Gasteiger partial charge in [0.05, 0.1) is 22.1 Å². The average molecular weight is 604 g/mol. The van der Waals surface area contributed by atoms with Crippen LogP contribution in [0.1, 0.15) is 17.0 Å². The van der Waals surface area contributed by atoms with Crippen molar-refractivity contribution in [3.8, 4) is 11.1 Å². The van der Waals surface area contributed by atoms with Gasteiger partial charge in [0.15, 0.2) is 0 Å². The van der Waals surface area contributed by atoms with Gasteiger partial charge in [-0.05, 0) is 65.2 Å². The van der Waals surface area contributed by atoms with Crippen molar-refractivity contribution in [1.82, 2.24) is 0 Å². The first kappa shape index (κ1) is 26.2. The Balaban J connectivity index is 1.31. The Morgan fingerprint density at radius 2 is 1.26 bits per heavy atom. The molecule has 0 saturated heterocycles. The lowest BCUT2D eigenvalue weighted by molar-refractivity contribution is 0.669. The van der Waals surface area contributed by atoms with E-state index in [-0.39, 0.29) is 0 Å². The van der Waals surface area contributed by atoms with Gasteiger partial charge in [-0.25, -0.2) is 0 Å². The second-order valence-corrected chi connectivity index (χ2v) is 12.4. The molecule has 2 aromatic heterocycles. The maximum Gasteiger partial charge on any atom is 0.145 e. The molecule has 3 heteroatoms. The highest BCUT2D eigenvalue weighted by Crippen LogP contribution is 2.50. The number of furan rings is 2. The summed E-state index contributed by atoms with van der Waals surface area (Å²) in [6.07, 6.45) is 13.6. The number of hydrogen-bond donors (Lipinski definition) is 0. The second-order valence-electron chi connectivity index (χ2n) is 12.4. The van der Waals surface area contributed by atoms with Crippen molar-refractivity contribution in [3.05, 3.63) is 169 Å². The zero-order valence-corrected chi connectivity index (χ0v) is 25.5. The van der Waals surface area contributed by atoms with Crippen LogP contribution in [0.3, 0.4) is 0 Å². The molecule has 0 aliphatic heterocycles. The normalized spacial score (nSPS) is 16.7. The molecule has 8 aromatic rings. The molecule has 0 saturated carbocycles. The molecule has 2 aliphatic carbocycles. The van der Waals surface area contributed by atoms with E-state index in [0.717, 1.165) is 72.1 Å². The van der Waals surface area contributed by atoms with E-state index in [1.807, 2.05) is 18.2 Å². The van der Waals surface area contributed by atoms with Crippen LogP contribution in [0.2, 0.25) is 0 Å². The molecule has 0 spiro atoms. The predicted octanol–water partition coefficient (Wildman–Crippen LogP) is 12.5. The molecule has 2 atom stereocenters. The molecule has 2 unspecified atom stereocenters. The highest BCUT2D eigenvalue weighted by atomic mass is 16.3. The third kappa shape index (κ3) is 4.00. The van der Waals surface area contributed by atoms with E-state index in [1.165, 1.54) is 11.1 Å². The monoisotopic (exact) mass is 603 g/mol. The number of para-hydroxylation sites is 2. The topological polar surface area (TPSA) is 29.5 Å². The van der Waals surface area contributed by atoms with E-state index in [1.54, 1.807) is 0 Å². The third-order valence-electron chi connectivity index (χ3n) is 9.81. The minimum atomic E-state index is 0.294. The molecular formula is C44H29NO2. The molecular weight excluding hydrogens is 574 g/mol. The van der Waals surface area contributed by atoms with Crippen LogP contribution in [-0.4, -0.2) is 0 Å². The highest BCUT2D eigenvalue weighted by Gasteiger charge is 2.28. The van der Waals surface area contributed by atoms with E-state index >= 15 is 0 Å². The summed E-state index contributed by atoms with van der Waals surface area (Å²) < 4.78 is 13.2. The molecule has 3 nitrogen and oxygen atoms in total. The molecule has 0 fully saturated rings. The number of allylic oxidation sites excluding steroid dienone is 5. The molecule has 0 bridgehead atoms. The van der Waals surface area contributed by atoms with Crippen LogP contribution in [0.25, 0.3) is 61.1 Å². The van der Waals surface area contributed by atoms with Crippen molar-refractivity contribution < 1.29 is 8.83 Å². The van der Waals surface area contributed by atoms with Gasteiger partial charge >= 0.3 is 0 Å². The van der Waals surface area contributed by atoms with E-state index in [0.29, 0.717) is 11.8 Å². The third-order valence-corrected chi connectivity index (χ3v) is 9.81. The fourth-order valence-corrected chi connectivity index (χ4v) is 7.67. The Kier molecular flexibility index (Phi) is 5.70. The van der Waals surface area contributed by atoms with Gasteiger partial charge in [-0.15, -0.1) is 0 Å². The standard InChI is InChI=1S/C44H29NO2/c1-2-11-28(12-3-1)33-25-26-38(43-35-16-7-9-19-40(35)47-44(33)43)45(37-17-10-20-41-42(37)34-15-6-8-18-39(34)46-41)31-24-23-30-22-21-29-13-4-5-14-32(29)36(30)27-31/h1-27,29,32H. The summed E-state index contributed by atoms with van der Waals surface area (Å²) in [4.78, 5) is 2.42. The van der Waals surface area contributed by atoms with Gasteiger partial charge in [0.1, 0.15) is 22.3 Å². The molecule has 0 amide bonds. The second kappa shape index (κ2) is 10.2.